The average Bonchev–Trinajstić information content (AvgIpc) is 3.27. The fourth-order valence-corrected chi connectivity index (χ4v) is 3.23. The van der Waals surface area contributed by atoms with Gasteiger partial charge in [0.2, 0.25) is 0 Å². The molecule has 0 spiro atoms. The van der Waals surface area contributed by atoms with Crippen molar-refractivity contribution in [1.29, 1.82) is 0 Å². The van der Waals surface area contributed by atoms with Crippen molar-refractivity contribution >= 4 is 22.7 Å². The highest BCUT2D eigenvalue weighted by molar-refractivity contribution is 6.01. The molecule has 4 aromatic rings. The molecule has 0 fully saturated rings. The average molecular weight is 434 g/mol. The Morgan fingerprint density at radius 1 is 1.03 bits per heavy atom. The SMILES string of the molecule is COc1ccc(C(=O)NCC(=O)c2cccc(-n3cnc4c(F)cccc43)n2)cc1OC. The van der Waals surface area contributed by atoms with Gasteiger partial charge in [0.1, 0.15) is 23.4 Å². The summed E-state index contributed by atoms with van der Waals surface area (Å²) in [5, 5.41) is 2.58. The van der Waals surface area contributed by atoms with Gasteiger partial charge in [0.25, 0.3) is 5.91 Å². The molecule has 0 aliphatic rings. The zero-order valence-corrected chi connectivity index (χ0v) is 17.3. The summed E-state index contributed by atoms with van der Waals surface area (Å²) in [6, 6.07) is 14.2. The molecule has 1 N–H and O–H groups in total. The van der Waals surface area contributed by atoms with Crippen LogP contribution in [-0.4, -0.2) is 47.0 Å². The molecular weight excluding hydrogens is 415 g/mol. The smallest absolute Gasteiger partial charge is 0.251 e. The number of carbonyl (C=O) groups is 2. The topological polar surface area (TPSA) is 95.3 Å². The second-order valence-electron chi connectivity index (χ2n) is 6.78. The third-order valence-electron chi connectivity index (χ3n) is 4.85. The van der Waals surface area contributed by atoms with E-state index in [1.807, 2.05) is 0 Å². The minimum Gasteiger partial charge on any atom is -0.493 e. The third kappa shape index (κ3) is 4.00. The zero-order valence-electron chi connectivity index (χ0n) is 17.3. The van der Waals surface area contributed by atoms with E-state index in [4.69, 9.17) is 9.47 Å². The molecule has 162 valence electrons. The number of para-hydroxylation sites is 1. The van der Waals surface area contributed by atoms with Crippen LogP contribution < -0.4 is 14.8 Å². The van der Waals surface area contributed by atoms with Gasteiger partial charge in [-0.05, 0) is 42.5 Å². The Balaban J connectivity index is 1.50. The summed E-state index contributed by atoms with van der Waals surface area (Å²) in [7, 11) is 2.97. The van der Waals surface area contributed by atoms with Gasteiger partial charge < -0.3 is 14.8 Å². The Hall–Kier alpha value is -4.27. The quantitative estimate of drug-likeness (QED) is 0.449. The summed E-state index contributed by atoms with van der Waals surface area (Å²) in [5.74, 6) is 0.0576. The highest BCUT2D eigenvalue weighted by atomic mass is 19.1. The number of hydrogen-bond donors (Lipinski definition) is 1. The summed E-state index contributed by atoms with van der Waals surface area (Å²) < 4.78 is 25.9. The zero-order chi connectivity index (χ0) is 22.7. The molecule has 2 heterocycles. The van der Waals surface area contributed by atoms with Crippen molar-refractivity contribution in [3.63, 3.8) is 0 Å². The second-order valence-corrected chi connectivity index (χ2v) is 6.78. The standard InChI is InChI=1S/C23H19FN4O4/c1-31-19-10-9-14(11-20(19)32-2)23(30)25-12-18(29)16-6-4-8-21(27-16)28-13-26-22-15(24)5-3-7-17(22)28/h3-11,13H,12H2,1-2H3,(H,25,30). The lowest BCUT2D eigenvalue weighted by atomic mass is 10.1. The van der Waals surface area contributed by atoms with Crippen LogP contribution in [0.3, 0.4) is 0 Å². The third-order valence-corrected chi connectivity index (χ3v) is 4.85. The molecule has 0 aliphatic heterocycles. The second kappa shape index (κ2) is 8.84. The predicted molar refractivity (Wildman–Crippen MR) is 115 cm³/mol. The van der Waals surface area contributed by atoms with Crippen LogP contribution in [0.1, 0.15) is 20.8 Å². The fourth-order valence-electron chi connectivity index (χ4n) is 3.23. The number of imidazole rings is 1. The molecule has 2 aromatic heterocycles. The highest BCUT2D eigenvalue weighted by Gasteiger charge is 2.15. The number of nitrogens with one attached hydrogen (secondary N) is 1. The van der Waals surface area contributed by atoms with Gasteiger partial charge in [-0.1, -0.05) is 12.1 Å². The van der Waals surface area contributed by atoms with Crippen LogP contribution in [0.2, 0.25) is 0 Å². The van der Waals surface area contributed by atoms with Gasteiger partial charge in [-0.15, -0.1) is 0 Å². The Labute approximate surface area is 182 Å². The largest absolute Gasteiger partial charge is 0.493 e. The van der Waals surface area contributed by atoms with E-state index < -0.39 is 11.7 Å². The first-order valence-corrected chi connectivity index (χ1v) is 9.64. The number of pyridine rings is 1. The number of carbonyl (C=O) groups excluding carboxylic acids is 2. The molecule has 0 saturated carbocycles. The maximum atomic E-state index is 13.9. The molecule has 0 unspecified atom stereocenters. The molecule has 0 aliphatic carbocycles. The summed E-state index contributed by atoms with van der Waals surface area (Å²) in [6.07, 6.45) is 1.45. The Kier molecular flexibility index (Phi) is 5.80. The van der Waals surface area contributed by atoms with Gasteiger partial charge in [-0.3, -0.25) is 14.2 Å². The van der Waals surface area contributed by atoms with E-state index >= 15 is 0 Å². The predicted octanol–water partition coefficient (Wildman–Crippen LogP) is 3.19. The lowest BCUT2D eigenvalue weighted by Gasteiger charge is -2.10. The number of amides is 1. The molecule has 4 rings (SSSR count). The van der Waals surface area contributed by atoms with E-state index in [1.165, 1.54) is 32.7 Å². The first-order valence-electron chi connectivity index (χ1n) is 9.64. The van der Waals surface area contributed by atoms with Gasteiger partial charge in [-0.2, -0.15) is 0 Å². The minimum atomic E-state index is -0.439. The molecular formula is C23H19FN4O4. The number of rotatable bonds is 7. The number of methoxy groups -OCH3 is 2. The highest BCUT2D eigenvalue weighted by Crippen LogP contribution is 2.27. The molecule has 32 heavy (non-hydrogen) atoms. The van der Waals surface area contributed by atoms with Crippen molar-refractivity contribution in [2.24, 2.45) is 0 Å². The number of aromatic nitrogens is 3. The Morgan fingerprint density at radius 3 is 2.59 bits per heavy atom. The molecule has 2 aromatic carbocycles. The lowest BCUT2D eigenvalue weighted by Crippen LogP contribution is -2.30. The van der Waals surface area contributed by atoms with Crippen molar-refractivity contribution in [2.75, 3.05) is 20.8 Å². The van der Waals surface area contributed by atoms with Gasteiger partial charge in [-0.25, -0.2) is 14.4 Å². The van der Waals surface area contributed by atoms with Crippen molar-refractivity contribution < 1.29 is 23.5 Å². The van der Waals surface area contributed by atoms with Crippen molar-refractivity contribution in [2.45, 2.75) is 0 Å². The number of Topliss-reactive ketones (excluding diaryl/α,β-unsaturated/α-hetero) is 1. The van der Waals surface area contributed by atoms with Gasteiger partial charge >= 0.3 is 0 Å². The van der Waals surface area contributed by atoms with Gasteiger partial charge in [0, 0.05) is 5.56 Å². The van der Waals surface area contributed by atoms with E-state index in [1.54, 1.807) is 47.0 Å². The summed E-state index contributed by atoms with van der Waals surface area (Å²) in [4.78, 5) is 33.5. The van der Waals surface area contributed by atoms with Crippen LogP contribution in [0, 0.1) is 5.82 Å². The molecule has 0 saturated heterocycles. The van der Waals surface area contributed by atoms with Crippen LogP contribution in [0.15, 0.2) is 60.9 Å². The Bertz CT molecular complexity index is 1320. The number of hydrogen-bond acceptors (Lipinski definition) is 6. The molecule has 0 radical (unpaired) electrons. The van der Waals surface area contributed by atoms with Crippen LogP contribution in [-0.2, 0) is 0 Å². The van der Waals surface area contributed by atoms with E-state index in [0.717, 1.165) is 0 Å². The maximum absolute atomic E-state index is 13.9. The number of ketones is 1. The van der Waals surface area contributed by atoms with Crippen LogP contribution in [0.4, 0.5) is 4.39 Å². The molecule has 1 amide bonds. The number of nitrogens with zero attached hydrogens (tertiary/aromatic N) is 3. The monoisotopic (exact) mass is 434 g/mol. The summed E-state index contributed by atoms with van der Waals surface area (Å²) >= 11 is 0. The number of ether oxygens (including phenoxy) is 2. The number of halogens is 1. The molecule has 8 nitrogen and oxygen atoms in total. The minimum absolute atomic E-state index is 0.161. The maximum Gasteiger partial charge on any atom is 0.251 e. The molecule has 0 atom stereocenters. The van der Waals surface area contributed by atoms with E-state index in [2.05, 4.69) is 15.3 Å². The fraction of sp³-hybridized carbons (Fsp3) is 0.130. The summed E-state index contributed by atoms with van der Waals surface area (Å²) in [6.45, 7) is -0.247. The Morgan fingerprint density at radius 2 is 1.81 bits per heavy atom. The van der Waals surface area contributed by atoms with Crippen molar-refractivity contribution in [1.82, 2.24) is 19.9 Å². The van der Waals surface area contributed by atoms with Gasteiger partial charge in [0.05, 0.1) is 26.3 Å². The van der Waals surface area contributed by atoms with Crippen molar-refractivity contribution in [3.8, 4) is 17.3 Å². The lowest BCUT2D eigenvalue weighted by molar-refractivity contribution is 0.0902. The number of benzene rings is 2. The van der Waals surface area contributed by atoms with E-state index in [0.29, 0.717) is 28.4 Å². The van der Waals surface area contributed by atoms with Gasteiger partial charge in [0.15, 0.2) is 23.1 Å². The van der Waals surface area contributed by atoms with Crippen molar-refractivity contribution in [3.05, 3.63) is 78.0 Å². The van der Waals surface area contributed by atoms with Crippen LogP contribution in [0.25, 0.3) is 16.9 Å². The summed E-state index contributed by atoms with van der Waals surface area (Å²) in [5.41, 5.74) is 1.23. The number of fused-ring (bicyclic) bond motifs is 1. The first kappa shape index (κ1) is 21.0. The molecule has 9 heteroatoms. The molecule has 0 bridgehead atoms. The van der Waals surface area contributed by atoms with E-state index in [9.17, 15) is 14.0 Å². The van der Waals surface area contributed by atoms with Crippen LogP contribution in [0.5, 0.6) is 11.5 Å². The first-order chi connectivity index (χ1) is 15.5. The van der Waals surface area contributed by atoms with Crippen LogP contribution >= 0.6 is 0 Å². The van der Waals surface area contributed by atoms with E-state index in [-0.39, 0.29) is 23.5 Å². The normalized spacial score (nSPS) is 10.7.